The largest absolute Gasteiger partial charge is 0.495 e. The van der Waals surface area contributed by atoms with Crippen LogP contribution in [0.15, 0.2) is 148 Å². The number of unbranched alkanes of at least 4 members (excludes halogenated alkanes) is 1. The first-order valence-electron chi connectivity index (χ1n) is 38.1. The molecule has 0 radical (unpaired) electrons. The number of hydrogen-bond acceptors (Lipinski definition) is 25. The third kappa shape index (κ3) is 25.6. The van der Waals surface area contributed by atoms with Gasteiger partial charge >= 0.3 is 0 Å². The van der Waals surface area contributed by atoms with E-state index in [1.165, 1.54) is 99.6 Å². The van der Waals surface area contributed by atoms with Gasteiger partial charge in [0.05, 0.1) is 74.6 Å². The number of anilines is 9. The highest BCUT2D eigenvalue weighted by Crippen LogP contribution is 2.43. The van der Waals surface area contributed by atoms with Crippen molar-refractivity contribution in [3.05, 3.63) is 165 Å². The molecule has 0 saturated carbocycles. The average molecular weight is 1750 g/mol. The molecule has 8 heterocycles. The number of halogens is 3. The minimum absolute atomic E-state index is 0.0666. The van der Waals surface area contributed by atoms with Gasteiger partial charge in [-0.25, -0.2) is 9.97 Å². The molecular formula is C81H109Br2ClN18O8P2S. The maximum absolute atomic E-state index is 13.4. The van der Waals surface area contributed by atoms with E-state index in [9.17, 15) is 17.5 Å². The Kier molecular flexibility index (Phi) is 33.3. The van der Waals surface area contributed by atoms with E-state index in [4.69, 9.17) is 41.5 Å². The third-order valence-corrected chi connectivity index (χ3v) is 25.5. The van der Waals surface area contributed by atoms with Crippen LogP contribution in [0.1, 0.15) is 76.0 Å². The van der Waals surface area contributed by atoms with Crippen LogP contribution >= 0.6 is 57.7 Å². The molecule has 113 heavy (non-hydrogen) atoms. The number of nitrogens with two attached hydrogens (primary N) is 1. The van der Waals surface area contributed by atoms with E-state index in [1.807, 2.05) is 43.3 Å². The van der Waals surface area contributed by atoms with Crippen LogP contribution < -0.4 is 51.6 Å². The highest BCUT2D eigenvalue weighted by atomic mass is 79.9. The van der Waals surface area contributed by atoms with E-state index in [-0.39, 0.29) is 10.2 Å². The normalized spacial score (nSPS) is 15.5. The summed E-state index contributed by atoms with van der Waals surface area (Å²) in [4.78, 5) is 49.6. The van der Waals surface area contributed by atoms with Crippen molar-refractivity contribution in [2.45, 2.75) is 96.0 Å². The lowest BCUT2D eigenvalue weighted by atomic mass is 9.99. The first-order valence-corrected chi connectivity index (χ1v) is 46.7. The van der Waals surface area contributed by atoms with Crippen molar-refractivity contribution >= 4 is 130 Å². The lowest BCUT2D eigenvalue weighted by Crippen LogP contribution is -2.52. The van der Waals surface area contributed by atoms with E-state index in [0.717, 1.165) is 122 Å². The highest BCUT2D eigenvalue weighted by Gasteiger charge is 2.31. The molecule has 7 N–H and O–H groups in total. The first kappa shape index (κ1) is 89.2. The van der Waals surface area contributed by atoms with Gasteiger partial charge in [-0.1, -0.05) is 57.0 Å². The number of aliphatic hydroxyl groups excluding tert-OH is 1. The predicted octanol–water partition coefficient (Wildman–Crippen LogP) is 14.6. The van der Waals surface area contributed by atoms with Crippen LogP contribution in [0.25, 0.3) is 22.5 Å². The average Bonchev–Trinajstić information content (AvgIpc) is 0.802. The number of hydrogen-bond donors (Lipinski definition) is 6. The molecule has 4 aliphatic rings. The number of aliphatic hydroxyl groups is 1. The van der Waals surface area contributed by atoms with Crippen LogP contribution in [-0.2, 0) is 32.1 Å². The fraction of sp³-hybridized carbons (Fsp3) is 0.432. The van der Waals surface area contributed by atoms with Gasteiger partial charge in [-0.3, -0.25) is 34.3 Å². The van der Waals surface area contributed by atoms with Crippen molar-refractivity contribution in [2.75, 3.05) is 172 Å². The number of nitrogens with zero attached hydrogens (tertiary/aromatic N) is 14. The Morgan fingerprint density at radius 1 is 0.566 bits per heavy atom. The Balaban J connectivity index is 0.000000189. The van der Waals surface area contributed by atoms with Crippen LogP contribution in [0, 0.1) is 6.92 Å². The Hall–Kier alpha value is -7.76. The first-order chi connectivity index (χ1) is 54.0. The van der Waals surface area contributed by atoms with E-state index in [1.54, 1.807) is 103 Å². The predicted molar refractivity (Wildman–Crippen MR) is 468 cm³/mol. The van der Waals surface area contributed by atoms with Crippen molar-refractivity contribution in [1.29, 1.82) is 0 Å². The third-order valence-electron chi connectivity index (χ3n) is 20.2. The molecule has 4 fully saturated rings. The summed E-state index contributed by atoms with van der Waals surface area (Å²) in [6.07, 6.45) is 21.9. The van der Waals surface area contributed by atoms with E-state index < -0.39 is 24.4 Å². The molecule has 4 saturated heterocycles. The number of rotatable bonds is 21. The van der Waals surface area contributed by atoms with Crippen LogP contribution in [0.3, 0.4) is 0 Å². The molecule has 5 aromatic carbocycles. The molecule has 608 valence electrons. The topological polar surface area (TPSA) is 312 Å². The molecule has 9 aromatic rings. The molecule has 32 heteroatoms. The second-order valence-corrected chi connectivity index (χ2v) is 38.9. The molecule has 0 aliphatic carbocycles. The van der Waals surface area contributed by atoms with Crippen molar-refractivity contribution in [2.24, 2.45) is 0 Å². The lowest BCUT2D eigenvalue weighted by molar-refractivity contribution is 0.0982. The molecule has 4 aliphatic heterocycles. The summed E-state index contributed by atoms with van der Waals surface area (Å²) in [5, 5.41) is 19.6. The number of aryl methyl sites for hydroxylation is 3. The molecule has 4 aromatic heterocycles. The zero-order valence-corrected chi connectivity index (χ0v) is 73.4. The van der Waals surface area contributed by atoms with Crippen molar-refractivity contribution in [1.82, 2.24) is 59.5 Å². The zero-order chi connectivity index (χ0) is 81.6. The van der Waals surface area contributed by atoms with Gasteiger partial charge < -0.3 is 65.0 Å². The SMILES string of the molecule is CCCCO.CCc1cc(N)c(OC)cc1N1CCC(N2CCN(C)CC2)CC1.CCc1cc(Nc2ncc(Br)c(Nc3ccc(-c4cnccn4)cc3P(C)(C)=O)n2)c(OC)cc1N1CCC(N2CCN(C)CC2)CC1.CP(C)(=O)c1cc(-c2cnccn2)ccc1Nc1nc(Cl)ncc1Br.Cc1ccc(S(=O)(=O)O)cc1. The van der Waals surface area contributed by atoms with Gasteiger partial charge in [0, 0.05) is 180 Å². The Morgan fingerprint density at radius 2 is 1.02 bits per heavy atom. The number of aromatic nitrogens is 8. The second kappa shape index (κ2) is 42.2. The number of nitrogens with one attached hydrogen (secondary N) is 3. The molecule has 0 spiro atoms. The minimum Gasteiger partial charge on any atom is -0.495 e. The van der Waals surface area contributed by atoms with Crippen LogP contribution in [0.5, 0.6) is 11.5 Å². The van der Waals surface area contributed by atoms with Crippen LogP contribution in [-0.4, -0.2) is 230 Å². The van der Waals surface area contributed by atoms with E-state index in [0.29, 0.717) is 61.2 Å². The summed E-state index contributed by atoms with van der Waals surface area (Å²) in [5.74, 6) is 2.99. The fourth-order valence-electron chi connectivity index (χ4n) is 13.7. The second-order valence-electron chi connectivity index (χ2n) is 29.0. The number of benzene rings is 5. The van der Waals surface area contributed by atoms with Gasteiger partial charge in [0.1, 0.15) is 37.4 Å². The summed E-state index contributed by atoms with van der Waals surface area (Å²) in [6, 6.07) is 27.3. The van der Waals surface area contributed by atoms with Gasteiger partial charge in [-0.2, -0.15) is 18.4 Å². The van der Waals surface area contributed by atoms with E-state index >= 15 is 0 Å². The Morgan fingerprint density at radius 3 is 1.42 bits per heavy atom. The maximum atomic E-state index is 13.4. The smallest absolute Gasteiger partial charge is 0.294 e. The van der Waals surface area contributed by atoms with Gasteiger partial charge in [-0.15, -0.1) is 0 Å². The number of methoxy groups -OCH3 is 2. The maximum Gasteiger partial charge on any atom is 0.294 e. The lowest BCUT2D eigenvalue weighted by Gasteiger charge is -2.43. The standard InChI is InChI=1S/C35H45BrN9O2P.C19H32N4O.C16H14BrClN5OP.C7H8O3S.C4H10O/c1-6-24-19-29(32(47-3)21-31(24)45-13-9-26(10-14-45)44-17-15-43(2)16-18-44)41-35-39-22-27(36)34(42-35)40-28-8-7-25(20-33(28)48(4,5)46)30-23-37-11-12-38-30;1-4-15-13-17(20)19(24-3)14-18(15)23-7-5-16(6-8-23)22-11-9-21(2)10-12-22;1-25(2,24)14-7-10(13-9-19-5-6-20-13)3-4-12(14)22-15-11(17)8-21-16(18)23-15;1-6-2-4-7(5-3-6)11(8,9)10;1-2-3-4-5/h7-8,11-12,19-23,26H,6,9-10,13-18H2,1-5H3,(H2,39,40,41,42);13-14,16H,4-12,20H2,1-3H3;3-9H,1-2H3,(H,21,22,23);2-5H,1H3,(H,8,9,10);5H,2-4H2,1H3. The number of likely N-dealkylation sites (N-methyl/N-ethyl adjacent to an activating group) is 2. The molecule has 0 unspecified atom stereocenters. The molecular weight excluding hydrogens is 1640 g/mol. The van der Waals surface area contributed by atoms with Gasteiger partial charge in [0.2, 0.25) is 11.2 Å². The Bertz CT molecular complexity index is 4780. The molecule has 26 nitrogen and oxygen atoms in total. The van der Waals surface area contributed by atoms with Gasteiger partial charge in [0.25, 0.3) is 10.1 Å². The molecule has 0 atom stereocenters. The highest BCUT2D eigenvalue weighted by molar-refractivity contribution is 9.11. The van der Waals surface area contributed by atoms with E-state index in [2.05, 4.69) is 171 Å². The summed E-state index contributed by atoms with van der Waals surface area (Å²) >= 11 is 12.8. The van der Waals surface area contributed by atoms with Crippen molar-refractivity contribution in [3.63, 3.8) is 0 Å². The minimum atomic E-state index is -4.02. The molecule has 0 bridgehead atoms. The summed E-state index contributed by atoms with van der Waals surface area (Å²) in [6.45, 7) is 29.4. The van der Waals surface area contributed by atoms with Crippen LogP contribution in [0.4, 0.5) is 51.7 Å². The number of piperazine rings is 2. The summed E-state index contributed by atoms with van der Waals surface area (Å²) in [5.41, 5.74) is 18.2. The van der Waals surface area contributed by atoms with Crippen LogP contribution in [0.2, 0.25) is 5.28 Å². The number of nitrogen functional groups attached to an aromatic ring is 1. The number of piperidine rings is 2. The summed E-state index contributed by atoms with van der Waals surface area (Å²) < 4.78 is 68.5. The van der Waals surface area contributed by atoms with Gasteiger partial charge in [-0.05, 0) is 196 Å². The zero-order valence-electron chi connectivity index (χ0n) is 66.8. The summed E-state index contributed by atoms with van der Waals surface area (Å²) in [7, 11) is -1.44. The van der Waals surface area contributed by atoms with Crippen molar-refractivity contribution < 1.29 is 36.7 Å². The van der Waals surface area contributed by atoms with Gasteiger partial charge in [0.15, 0.2) is 0 Å². The monoisotopic (exact) mass is 1750 g/mol. The quantitative estimate of drug-likeness (QED) is 0.0168. The molecule has 0 amide bonds. The molecule has 13 rings (SSSR count). The fourth-order valence-corrected chi connectivity index (χ4v) is 17.3. The Labute approximate surface area is 688 Å². The number of ether oxygens (including phenoxy) is 2. The van der Waals surface area contributed by atoms with Crippen molar-refractivity contribution in [3.8, 4) is 34.0 Å².